The Labute approximate surface area is 49.5 Å². The third kappa shape index (κ3) is 8.10. The normalized spacial score (nSPS) is 16.8. The molecule has 2 N–H and O–H groups in total. The molecule has 0 aliphatic heterocycles. The van der Waals surface area contributed by atoms with Crippen molar-refractivity contribution in [3.05, 3.63) is 0 Å². The van der Waals surface area contributed by atoms with Crippen LogP contribution in [0.5, 0.6) is 0 Å². The molecule has 0 rings (SSSR count). The Morgan fingerprint density at radius 1 is 1.33 bits per heavy atom. The molecule has 0 aromatic heterocycles. The van der Waals surface area contributed by atoms with E-state index >= 15 is 0 Å². The van der Waals surface area contributed by atoms with Crippen LogP contribution in [0.1, 0.15) is 0 Å². The maximum atomic E-state index is 11.4. The number of hydrogen-bond donors (Lipinski definition) is 2. The summed E-state index contributed by atoms with van der Waals surface area (Å²) < 4.78 is 37.0. The van der Waals surface area contributed by atoms with E-state index < -0.39 is 21.2 Å². The topological polar surface area (TPSA) is 49.7 Å². The summed E-state index contributed by atoms with van der Waals surface area (Å²) in [6, 6.07) is 0. The van der Waals surface area contributed by atoms with Crippen molar-refractivity contribution < 1.29 is 27.1 Å². The van der Waals surface area contributed by atoms with Gasteiger partial charge in [-0.2, -0.15) is 0 Å². The third-order valence-electron chi connectivity index (χ3n) is 0.381. The second-order valence-electron chi connectivity index (χ2n) is 1.28. The van der Waals surface area contributed by atoms with E-state index in [1.54, 1.807) is 0 Å². The van der Waals surface area contributed by atoms with Crippen LogP contribution in [0.25, 0.3) is 0 Å². The molecule has 0 aromatic rings. The Balaban J connectivity index is 3.60. The summed E-state index contributed by atoms with van der Waals surface area (Å²) in [5.74, 6) is 0. The van der Waals surface area contributed by atoms with Crippen molar-refractivity contribution in [1.82, 2.24) is 0 Å². The SMILES string of the molecule is OP(O)(F)(F)OCCF. The molecule has 0 bridgehead atoms. The van der Waals surface area contributed by atoms with Gasteiger partial charge in [0.2, 0.25) is 0 Å². The van der Waals surface area contributed by atoms with E-state index in [9.17, 15) is 12.8 Å². The fourth-order valence-corrected chi connectivity index (χ4v) is 0.555. The summed E-state index contributed by atoms with van der Waals surface area (Å²) in [4.78, 5) is 15.2. The molecule has 0 saturated carbocycles. The fourth-order valence-electron chi connectivity index (χ4n) is 0.185. The average molecular weight is 166 g/mol. The second kappa shape index (κ2) is 2.38. The van der Waals surface area contributed by atoms with Gasteiger partial charge in [0.15, 0.2) is 0 Å². The first kappa shape index (κ1) is 9.10. The molecule has 9 heavy (non-hydrogen) atoms. The summed E-state index contributed by atoms with van der Waals surface area (Å²) in [5.41, 5.74) is 0. The van der Waals surface area contributed by atoms with Gasteiger partial charge in [-0.15, -0.1) is 0 Å². The van der Waals surface area contributed by atoms with Crippen molar-refractivity contribution in [2.75, 3.05) is 13.3 Å². The Morgan fingerprint density at radius 2 is 1.78 bits per heavy atom. The van der Waals surface area contributed by atoms with Crippen LogP contribution in [0.4, 0.5) is 12.8 Å². The summed E-state index contributed by atoms with van der Waals surface area (Å²) in [6.07, 6.45) is 0. The summed E-state index contributed by atoms with van der Waals surface area (Å²) in [6.45, 7) is -2.18. The fraction of sp³-hybridized carbons (Fsp3) is 1.00. The molecule has 0 atom stereocenters. The standard InChI is InChI=1S/C2H6F3O3P/c3-1-2-8-9(4,5,6)7/h6-7H,1-2H2. The molecule has 0 aliphatic rings. The molecular formula is C2H6F3O3P. The summed E-state index contributed by atoms with van der Waals surface area (Å²) in [5, 5.41) is 0. The van der Waals surface area contributed by atoms with Crippen LogP contribution in [0, 0.1) is 0 Å². The van der Waals surface area contributed by atoms with Crippen molar-refractivity contribution >= 4 is 7.91 Å². The number of hydrogen-bond acceptors (Lipinski definition) is 3. The third-order valence-corrected chi connectivity index (χ3v) is 0.990. The molecule has 0 radical (unpaired) electrons. The first-order valence-corrected chi connectivity index (χ1v) is 3.82. The Bertz CT molecular complexity index is 89.7. The molecule has 7 heteroatoms. The average Bonchev–Trinajstić information content (AvgIpc) is 1.57. The minimum absolute atomic E-state index is 1.00. The van der Waals surface area contributed by atoms with Crippen molar-refractivity contribution in [3.8, 4) is 0 Å². The van der Waals surface area contributed by atoms with Crippen LogP contribution in [-0.4, -0.2) is 23.1 Å². The zero-order valence-electron chi connectivity index (χ0n) is 4.30. The van der Waals surface area contributed by atoms with Crippen LogP contribution in [0.15, 0.2) is 0 Å². The summed E-state index contributed by atoms with van der Waals surface area (Å²) >= 11 is 0. The van der Waals surface area contributed by atoms with E-state index in [1.165, 1.54) is 0 Å². The number of rotatable bonds is 3. The molecule has 0 amide bonds. The van der Waals surface area contributed by atoms with Crippen LogP contribution < -0.4 is 0 Å². The second-order valence-corrected chi connectivity index (χ2v) is 3.05. The van der Waals surface area contributed by atoms with Gasteiger partial charge in [0.25, 0.3) is 0 Å². The molecule has 0 heterocycles. The van der Waals surface area contributed by atoms with E-state index in [4.69, 9.17) is 9.79 Å². The predicted octanol–water partition coefficient (Wildman–Crippen LogP) is 1.02. The van der Waals surface area contributed by atoms with Crippen molar-refractivity contribution in [2.24, 2.45) is 0 Å². The zero-order chi connectivity index (χ0) is 7.57. The molecule has 3 nitrogen and oxygen atoms in total. The Hall–Kier alpha value is 0.100. The van der Waals surface area contributed by atoms with Crippen LogP contribution in [0.2, 0.25) is 0 Å². The van der Waals surface area contributed by atoms with Gasteiger partial charge < -0.3 is 0 Å². The molecule has 0 fully saturated rings. The molecule has 58 valence electrons. The maximum absolute atomic E-state index is 11.4. The monoisotopic (exact) mass is 166 g/mol. The van der Waals surface area contributed by atoms with Gasteiger partial charge in [-0.1, -0.05) is 0 Å². The zero-order valence-corrected chi connectivity index (χ0v) is 5.19. The first-order valence-electron chi connectivity index (χ1n) is 1.98. The van der Waals surface area contributed by atoms with E-state index in [-0.39, 0.29) is 0 Å². The molecule has 0 saturated heterocycles. The minimum atomic E-state index is -6.87. The molecule has 0 spiro atoms. The Morgan fingerprint density at radius 3 is 1.89 bits per heavy atom. The van der Waals surface area contributed by atoms with Crippen LogP contribution >= 0.6 is 7.91 Å². The van der Waals surface area contributed by atoms with E-state index in [1.807, 2.05) is 0 Å². The van der Waals surface area contributed by atoms with Gasteiger partial charge in [0.1, 0.15) is 0 Å². The first-order chi connectivity index (χ1) is 3.81. The van der Waals surface area contributed by atoms with Crippen LogP contribution in [0.3, 0.4) is 0 Å². The predicted molar refractivity (Wildman–Crippen MR) is 25.5 cm³/mol. The molecule has 0 unspecified atom stereocenters. The van der Waals surface area contributed by atoms with Crippen molar-refractivity contribution in [1.29, 1.82) is 0 Å². The van der Waals surface area contributed by atoms with Gasteiger partial charge >= 0.3 is 48.3 Å². The van der Waals surface area contributed by atoms with Gasteiger partial charge in [-0.3, -0.25) is 0 Å². The quantitative estimate of drug-likeness (QED) is 0.615. The Kier molecular flexibility index (Phi) is 2.41. The van der Waals surface area contributed by atoms with E-state index in [2.05, 4.69) is 4.52 Å². The van der Waals surface area contributed by atoms with E-state index in [0.29, 0.717) is 0 Å². The molecular weight excluding hydrogens is 160 g/mol. The van der Waals surface area contributed by atoms with Gasteiger partial charge in [0.05, 0.1) is 0 Å². The van der Waals surface area contributed by atoms with Gasteiger partial charge in [0, 0.05) is 0 Å². The van der Waals surface area contributed by atoms with E-state index in [0.717, 1.165) is 0 Å². The number of alkyl halides is 1. The van der Waals surface area contributed by atoms with Crippen LogP contribution in [-0.2, 0) is 4.52 Å². The number of halogens is 3. The van der Waals surface area contributed by atoms with Crippen molar-refractivity contribution in [3.63, 3.8) is 0 Å². The molecule has 0 aliphatic carbocycles. The molecule has 0 aromatic carbocycles. The summed E-state index contributed by atoms with van der Waals surface area (Å²) in [7, 11) is -6.87. The van der Waals surface area contributed by atoms with Gasteiger partial charge in [-0.05, 0) is 0 Å². The van der Waals surface area contributed by atoms with Gasteiger partial charge in [-0.25, -0.2) is 0 Å². The van der Waals surface area contributed by atoms with Crippen molar-refractivity contribution in [2.45, 2.75) is 0 Å².